The molecule has 0 unspecified atom stereocenters. The molecule has 40 heavy (non-hydrogen) atoms. The summed E-state index contributed by atoms with van der Waals surface area (Å²) in [5.74, 6) is -1.49. The van der Waals surface area contributed by atoms with E-state index in [4.69, 9.17) is 4.74 Å². The number of imide groups is 2. The molecule has 0 aliphatic carbocycles. The number of aryl methyl sites for hydroxylation is 1. The van der Waals surface area contributed by atoms with E-state index in [9.17, 15) is 24.0 Å². The van der Waals surface area contributed by atoms with Crippen molar-refractivity contribution in [2.45, 2.75) is 20.5 Å². The van der Waals surface area contributed by atoms with Gasteiger partial charge in [-0.05, 0) is 86.2 Å². The molecule has 1 N–H and O–H groups in total. The zero-order valence-electron chi connectivity index (χ0n) is 21.6. The zero-order valence-corrected chi connectivity index (χ0v) is 21.6. The summed E-state index contributed by atoms with van der Waals surface area (Å²) in [6, 6.07) is 22.6. The quantitative estimate of drug-likeness (QED) is 0.265. The molecule has 0 bridgehead atoms. The van der Waals surface area contributed by atoms with Crippen LogP contribution in [-0.4, -0.2) is 22.4 Å². The molecule has 0 atom stereocenters. The highest BCUT2D eigenvalue weighted by atomic mass is 19.1. The number of rotatable bonds is 6. The second-order valence-electron chi connectivity index (χ2n) is 9.15. The smallest absolute Gasteiger partial charge is 0.335 e. The fraction of sp³-hybridized carbons (Fsp3) is 0.0968. The van der Waals surface area contributed by atoms with E-state index in [1.807, 2.05) is 60.9 Å². The molecule has 8 nitrogen and oxygen atoms in total. The SMILES string of the molecule is Cc1cc(/C=C2\C(=O)NC(=O)N(c3ccc(F)cc3)C2=O)c(C)n1-c1ccc(OCc2ccccc2C#N)cc1. The highest BCUT2D eigenvalue weighted by Crippen LogP contribution is 2.27. The number of halogens is 1. The Morgan fingerprint density at radius 3 is 2.33 bits per heavy atom. The molecular formula is C31H23FN4O4. The van der Waals surface area contributed by atoms with Gasteiger partial charge in [-0.15, -0.1) is 0 Å². The number of aromatic nitrogens is 1. The lowest BCUT2D eigenvalue weighted by molar-refractivity contribution is -0.122. The van der Waals surface area contributed by atoms with Gasteiger partial charge in [0.2, 0.25) is 0 Å². The topological polar surface area (TPSA) is 104 Å². The molecule has 1 aliphatic rings. The summed E-state index contributed by atoms with van der Waals surface area (Å²) in [7, 11) is 0. The molecular weight excluding hydrogens is 511 g/mol. The number of barbiturate groups is 1. The first-order chi connectivity index (χ1) is 19.3. The summed E-state index contributed by atoms with van der Waals surface area (Å²) in [5, 5.41) is 11.4. The van der Waals surface area contributed by atoms with Crippen LogP contribution in [0.5, 0.6) is 5.75 Å². The van der Waals surface area contributed by atoms with E-state index in [0.29, 0.717) is 16.9 Å². The number of nitrogens with zero attached hydrogens (tertiary/aromatic N) is 3. The fourth-order valence-corrected chi connectivity index (χ4v) is 4.58. The van der Waals surface area contributed by atoms with Crippen molar-refractivity contribution in [2.24, 2.45) is 0 Å². The first kappa shape index (κ1) is 26.1. The first-order valence-electron chi connectivity index (χ1n) is 12.3. The normalized spacial score (nSPS) is 14.3. The average molecular weight is 535 g/mol. The number of urea groups is 1. The number of hydrogen-bond acceptors (Lipinski definition) is 5. The van der Waals surface area contributed by atoms with Crippen LogP contribution in [0.3, 0.4) is 0 Å². The Labute approximate surface area is 229 Å². The van der Waals surface area contributed by atoms with E-state index < -0.39 is 23.7 Å². The van der Waals surface area contributed by atoms with E-state index in [1.54, 1.807) is 12.1 Å². The molecule has 1 fully saturated rings. The third kappa shape index (κ3) is 4.98. The lowest BCUT2D eigenvalue weighted by Crippen LogP contribution is -2.54. The Morgan fingerprint density at radius 1 is 0.950 bits per heavy atom. The monoisotopic (exact) mass is 534 g/mol. The number of ether oxygens (including phenoxy) is 1. The molecule has 2 heterocycles. The Bertz CT molecular complexity index is 1710. The summed E-state index contributed by atoms with van der Waals surface area (Å²) in [4.78, 5) is 39.0. The van der Waals surface area contributed by atoms with Crippen molar-refractivity contribution in [1.82, 2.24) is 9.88 Å². The van der Waals surface area contributed by atoms with Crippen molar-refractivity contribution < 1.29 is 23.5 Å². The molecule has 1 aliphatic heterocycles. The van der Waals surface area contributed by atoms with Crippen LogP contribution >= 0.6 is 0 Å². The van der Waals surface area contributed by atoms with Gasteiger partial charge in [-0.1, -0.05) is 18.2 Å². The van der Waals surface area contributed by atoms with Gasteiger partial charge in [0.15, 0.2) is 0 Å². The van der Waals surface area contributed by atoms with Crippen LogP contribution in [0, 0.1) is 31.0 Å². The zero-order chi connectivity index (χ0) is 28.4. The van der Waals surface area contributed by atoms with Crippen LogP contribution in [0.1, 0.15) is 28.1 Å². The second kappa shape index (κ2) is 10.7. The van der Waals surface area contributed by atoms with Crippen molar-refractivity contribution in [1.29, 1.82) is 5.26 Å². The Morgan fingerprint density at radius 2 is 1.62 bits per heavy atom. The van der Waals surface area contributed by atoms with Gasteiger partial charge in [-0.2, -0.15) is 5.26 Å². The van der Waals surface area contributed by atoms with Crippen LogP contribution in [0.4, 0.5) is 14.9 Å². The molecule has 198 valence electrons. The largest absolute Gasteiger partial charge is 0.489 e. The molecule has 3 aromatic carbocycles. The summed E-state index contributed by atoms with van der Waals surface area (Å²) in [6.45, 7) is 4.02. The molecule has 9 heteroatoms. The van der Waals surface area contributed by atoms with Crippen LogP contribution < -0.4 is 15.0 Å². The molecule has 0 radical (unpaired) electrons. The standard InChI is InChI=1S/C31H23FN4O4/c1-19-15-23(16-28-29(37)34-31(39)36(30(28)38)26-9-7-24(32)8-10-26)20(2)35(19)25-11-13-27(14-12-25)40-18-22-6-4-3-5-21(22)17-33/h3-16H,18H2,1-2H3,(H,34,37,39)/b28-16+. The van der Waals surface area contributed by atoms with Crippen LogP contribution in [0.15, 0.2) is 84.4 Å². The average Bonchev–Trinajstić information content (AvgIpc) is 3.23. The molecule has 1 saturated heterocycles. The van der Waals surface area contributed by atoms with Crippen molar-refractivity contribution in [3.8, 4) is 17.5 Å². The molecule has 0 saturated carbocycles. The minimum absolute atomic E-state index is 0.145. The predicted octanol–water partition coefficient (Wildman–Crippen LogP) is 5.35. The van der Waals surface area contributed by atoms with Gasteiger partial charge in [0.25, 0.3) is 11.8 Å². The number of amides is 4. The van der Waals surface area contributed by atoms with Crippen molar-refractivity contribution >= 4 is 29.6 Å². The Hall–Kier alpha value is -5.49. The number of anilines is 1. The Kier molecular flexibility index (Phi) is 7.00. The summed E-state index contributed by atoms with van der Waals surface area (Å²) in [5.41, 5.74) is 4.38. The van der Waals surface area contributed by atoms with Crippen LogP contribution in [0.25, 0.3) is 11.8 Å². The fourth-order valence-electron chi connectivity index (χ4n) is 4.58. The van der Waals surface area contributed by atoms with Gasteiger partial charge in [0.05, 0.1) is 17.3 Å². The van der Waals surface area contributed by atoms with Gasteiger partial charge in [-0.25, -0.2) is 14.1 Å². The predicted molar refractivity (Wildman–Crippen MR) is 146 cm³/mol. The van der Waals surface area contributed by atoms with Gasteiger partial charge in [-0.3, -0.25) is 14.9 Å². The van der Waals surface area contributed by atoms with Gasteiger partial charge >= 0.3 is 6.03 Å². The number of benzene rings is 3. The number of nitriles is 1. The van der Waals surface area contributed by atoms with Gasteiger partial charge < -0.3 is 9.30 Å². The third-order valence-electron chi connectivity index (χ3n) is 6.58. The van der Waals surface area contributed by atoms with E-state index in [2.05, 4.69) is 11.4 Å². The van der Waals surface area contributed by atoms with Crippen molar-refractivity contribution in [3.63, 3.8) is 0 Å². The lowest BCUT2D eigenvalue weighted by Gasteiger charge is -2.26. The maximum atomic E-state index is 13.4. The molecule has 4 amide bonds. The minimum Gasteiger partial charge on any atom is -0.489 e. The number of carbonyl (C=O) groups excluding carboxylic acids is 3. The summed E-state index contributed by atoms with van der Waals surface area (Å²) in [6.07, 6.45) is 1.45. The van der Waals surface area contributed by atoms with E-state index in [0.717, 1.165) is 39.7 Å². The highest BCUT2D eigenvalue weighted by Gasteiger charge is 2.37. The van der Waals surface area contributed by atoms with Gasteiger partial charge in [0.1, 0.15) is 23.7 Å². The summed E-state index contributed by atoms with van der Waals surface area (Å²) >= 11 is 0. The number of hydrogen-bond donors (Lipinski definition) is 1. The maximum absolute atomic E-state index is 13.4. The molecule has 4 aromatic rings. The number of carbonyl (C=O) groups is 3. The third-order valence-corrected chi connectivity index (χ3v) is 6.58. The molecule has 5 rings (SSSR count). The highest BCUT2D eigenvalue weighted by molar-refractivity contribution is 6.39. The maximum Gasteiger partial charge on any atom is 0.335 e. The molecule has 1 aromatic heterocycles. The summed E-state index contributed by atoms with van der Waals surface area (Å²) < 4.78 is 21.2. The second-order valence-corrected chi connectivity index (χ2v) is 9.15. The van der Waals surface area contributed by atoms with E-state index >= 15 is 0 Å². The number of nitrogens with one attached hydrogen (secondary N) is 1. The Balaban J connectivity index is 1.39. The minimum atomic E-state index is -0.900. The lowest BCUT2D eigenvalue weighted by atomic mass is 10.1. The van der Waals surface area contributed by atoms with Crippen LogP contribution in [0.2, 0.25) is 0 Å². The van der Waals surface area contributed by atoms with Crippen LogP contribution in [-0.2, 0) is 16.2 Å². The van der Waals surface area contributed by atoms with Gasteiger partial charge in [0, 0.05) is 22.6 Å². The molecule has 0 spiro atoms. The van der Waals surface area contributed by atoms with E-state index in [1.165, 1.54) is 18.2 Å². The van der Waals surface area contributed by atoms with Crippen molar-refractivity contribution in [2.75, 3.05) is 4.90 Å². The van der Waals surface area contributed by atoms with Crippen molar-refractivity contribution in [3.05, 3.63) is 118 Å². The van der Waals surface area contributed by atoms with E-state index in [-0.39, 0.29) is 17.9 Å². The first-order valence-corrected chi connectivity index (χ1v) is 12.3.